The van der Waals surface area contributed by atoms with Crippen LogP contribution in [-0.2, 0) is 9.53 Å². The molecule has 43 heavy (non-hydrogen) atoms. The van der Waals surface area contributed by atoms with Gasteiger partial charge in [-0.25, -0.2) is 18.6 Å². The topological polar surface area (TPSA) is 94.0 Å². The minimum Gasteiger partial charge on any atom is -0.490 e. The van der Waals surface area contributed by atoms with E-state index >= 15 is 4.39 Å². The smallest absolute Gasteiger partial charge is 0.337 e. The van der Waals surface area contributed by atoms with Crippen LogP contribution in [0.2, 0.25) is 0 Å². The van der Waals surface area contributed by atoms with Gasteiger partial charge >= 0.3 is 5.97 Å². The summed E-state index contributed by atoms with van der Waals surface area (Å²) in [6.07, 6.45) is 3.65. The normalized spacial score (nSPS) is 15.7. The van der Waals surface area contributed by atoms with Gasteiger partial charge in [-0.1, -0.05) is 19.9 Å². The maximum absolute atomic E-state index is 15.3. The predicted octanol–water partition coefficient (Wildman–Crippen LogP) is 7.06. The number of benzene rings is 1. The van der Waals surface area contributed by atoms with Crippen molar-refractivity contribution >= 4 is 11.7 Å². The number of rotatable bonds is 10. The van der Waals surface area contributed by atoms with Crippen molar-refractivity contribution in [3.8, 4) is 22.8 Å². The molecule has 0 bridgehead atoms. The lowest BCUT2D eigenvalue weighted by atomic mass is 9.82. The van der Waals surface area contributed by atoms with E-state index in [0.717, 1.165) is 12.8 Å². The summed E-state index contributed by atoms with van der Waals surface area (Å²) in [5.41, 5.74) is 2.56. The number of aryl methyl sites for hydroxylation is 2. The van der Waals surface area contributed by atoms with Crippen LogP contribution in [0.4, 0.5) is 14.5 Å². The molecule has 1 saturated heterocycles. The molecule has 1 aromatic carbocycles. The summed E-state index contributed by atoms with van der Waals surface area (Å²) in [5, 5.41) is 10.3. The van der Waals surface area contributed by atoms with Gasteiger partial charge in [0.2, 0.25) is 0 Å². The highest BCUT2D eigenvalue weighted by Gasteiger charge is 2.36. The number of aliphatic carboxylic acids is 1. The van der Waals surface area contributed by atoms with Crippen LogP contribution in [0.5, 0.6) is 11.6 Å². The Morgan fingerprint density at radius 1 is 1.02 bits per heavy atom. The van der Waals surface area contributed by atoms with Gasteiger partial charge in [-0.05, 0) is 70.6 Å². The largest absolute Gasteiger partial charge is 0.490 e. The van der Waals surface area contributed by atoms with Crippen LogP contribution in [0.15, 0.2) is 36.7 Å². The molecule has 0 unspecified atom stereocenters. The third kappa shape index (κ3) is 7.98. The Balaban J connectivity index is 1.65. The number of anilines is 1. The van der Waals surface area contributed by atoms with Crippen molar-refractivity contribution in [2.75, 3.05) is 31.2 Å². The maximum atomic E-state index is 15.3. The van der Waals surface area contributed by atoms with Gasteiger partial charge in [0.1, 0.15) is 24.8 Å². The number of aromatic nitrogens is 2. The minimum absolute atomic E-state index is 0.00571. The van der Waals surface area contributed by atoms with Crippen LogP contribution < -0.4 is 14.4 Å². The zero-order valence-electron chi connectivity index (χ0n) is 26.0. The number of carboxylic acids is 1. The van der Waals surface area contributed by atoms with Crippen molar-refractivity contribution in [1.82, 2.24) is 9.97 Å². The Morgan fingerprint density at radius 2 is 1.70 bits per heavy atom. The van der Waals surface area contributed by atoms with Crippen LogP contribution in [0, 0.1) is 30.9 Å². The monoisotopic (exact) mass is 597 g/mol. The Hall–Kier alpha value is -3.79. The van der Waals surface area contributed by atoms with E-state index in [1.807, 2.05) is 0 Å². The summed E-state index contributed by atoms with van der Waals surface area (Å²) in [7, 11) is 0. The van der Waals surface area contributed by atoms with Gasteiger partial charge in [-0.2, -0.15) is 0 Å². The molecule has 8 nitrogen and oxygen atoms in total. The van der Waals surface area contributed by atoms with Crippen LogP contribution >= 0.6 is 0 Å². The van der Waals surface area contributed by atoms with Gasteiger partial charge < -0.3 is 24.2 Å². The Labute approximate surface area is 252 Å². The maximum Gasteiger partial charge on any atom is 0.337 e. The fourth-order valence-corrected chi connectivity index (χ4v) is 5.04. The third-order valence-corrected chi connectivity index (χ3v) is 7.53. The minimum atomic E-state index is -1.28. The molecule has 2 aromatic heterocycles. The van der Waals surface area contributed by atoms with Crippen LogP contribution in [0.3, 0.4) is 0 Å². The van der Waals surface area contributed by atoms with Gasteiger partial charge in [-0.15, -0.1) is 0 Å². The van der Waals surface area contributed by atoms with Gasteiger partial charge in [0.05, 0.1) is 11.3 Å². The second kappa shape index (κ2) is 12.8. The molecule has 0 aliphatic carbocycles. The van der Waals surface area contributed by atoms with E-state index in [4.69, 9.17) is 14.2 Å². The average Bonchev–Trinajstić information content (AvgIpc) is 2.92. The second-order valence-electron chi connectivity index (χ2n) is 12.7. The van der Waals surface area contributed by atoms with E-state index in [2.05, 4.69) is 28.7 Å². The van der Waals surface area contributed by atoms with Gasteiger partial charge in [0, 0.05) is 53.9 Å². The quantitative estimate of drug-likeness (QED) is 0.248. The summed E-state index contributed by atoms with van der Waals surface area (Å²) in [6, 6.07) is 5.86. The van der Waals surface area contributed by atoms with Crippen LogP contribution in [-0.4, -0.2) is 52.9 Å². The van der Waals surface area contributed by atoms with E-state index in [0.29, 0.717) is 52.5 Å². The highest BCUT2D eigenvalue weighted by atomic mass is 19.1. The molecule has 1 aliphatic rings. The lowest BCUT2D eigenvalue weighted by Crippen LogP contribution is -2.39. The number of pyridine rings is 2. The number of nitrogens with zero attached hydrogens (tertiary/aromatic N) is 3. The molecule has 232 valence electrons. The number of hydrogen-bond acceptors (Lipinski definition) is 7. The lowest BCUT2D eigenvalue weighted by molar-refractivity contribution is -0.160. The fourth-order valence-electron chi connectivity index (χ4n) is 5.04. The Morgan fingerprint density at radius 3 is 2.30 bits per heavy atom. The molecule has 3 aromatic rings. The zero-order chi connectivity index (χ0) is 31.5. The molecule has 1 N–H and O–H groups in total. The molecule has 1 aliphatic heterocycles. The molecule has 0 radical (unpaired) electrons. The van der Waals surface area contributed by atoms with Gasteiger partial charge in [0.15, 0.2) is 11.9 Å². The van der Waals surface area contributed by atoms with E-state index in [1.54, 1.807) is 52.9 Å². The van der Waals surface area contributed by atoms with Gasteiger partial charge in [-0.3, -0.25) is 4.98 Å². The zero-order valence-corrected chi connectivity index (χ0v) is 26.0. The van der Waals surface area contributed by atoms with Crippen molar-refractivity contribution in [1.29, 1.82) is 0 Å². The molecule has 1 atom stereocenters. The van der Waals surface area contributed by atoms with Crippen LogP contribution in [0.1, 0.15) is 70.4 Å². The highest BCUT2D eigenvalue weighted by molar-refractivity contribution is 5.86. The summed E-state index contributed by atoms with van der Waals surface area (Å²) in [4.78, 5) is 23.5. The molecule has 0 amide bonds. The van der Waals surface area contributed by atoms with Crippen LogP contribution in [0.25, 0.3) is 11.1 Å². The summed E-state index contributed by atoms with van der Waals surface area (Å²) < 4.78 is 46.2. The fraction of sp³-hybridized carbons (Fsp3) is 0.485. The van der Waals surface area contributed by atoms with Crippen molar-refractivity contribution in [2.45, 2.75) is 73.0 Å². The van der Waals surface area contributed by atoms with Gasteiger partial charge in [0.25, 0.3) is 5.88 Å². The second-order valence-corrected chi connectivity index (χ2v) is 12.7. The third-order valence-electron chi connectivity index (χ3n) is 7.53. The van der Waals surface area contributed by atoms with E-state index in [1.165, 1.54) is 18.3 Å². The molecule has 10 heteroatoms. The number of hydrogen-bond donors (Lipinski definition) is 1. The SMILES string of the molecule is Cc1ccc(OCCOc2ncc(-c3cnc(C)c([C@H](OC(C)(C)C)C(=O)O)c3N3CCC(C)(C)CC3)cc2F)cc1F. The predicted molar refractivity (Wildman–Crippen MR) is 161 cm³/mol. The molecular formula is C33H41F2N3O5. The van der Waals surface area contributed by atoms with Crippen molar-refractivity contribution in [3.05, 3.63) is 65.1 Å². The molecule has 1 fully saturated rings. The Kier molecular flexibility index (Phi) is 9.59. The number of carbonyl (C=O) groups is 1. The standard InChI is InChI=1S/C33H41F2N3O5/c1-20-8-9-23(17-25(20)34)41-14-15-42-30-26(35)16-22(18-37-30)24-19-36-21(2)27(29(31(39)40)43-32(3,4)5)28(24)38-12-10-33(6,7)11-13-38/h8-9,16-19,29H,10-15H2,1-7H3,(H,39,40)/t29-/m0/s1. The number of halogens is 2. The van der Waals surface area contributed by atoms with Crippen molar-refractivity contribution in [2.24, 2.45) is 5.41 Å². The molecular weight excluding hydrogens is 556 g/mol. The molecule has 4 rings (SSSR count). The molecule has 0 saturated carbocycles. The van der Waals surface area contributed by atoms with Crippen molar-refractivity contribution in [3.63, 3.8) is 0 Å². The summed E-state index contributed by atoms with van der Waals surface area (Å²) in [6.45, 7) is 14.7. The molecule has 0 spiro atoms. The number of carboxylic acid groups (broad SMARTS) is 1. The van der Waals surface area contributed by atoms with E-state index in [-0.39, 0.29) is 30.3 Å². The molecule has 3 heterocycles. The number of piperidine rings is 1. The first-order valence-electron chi connectivity index (χ1n) is 14.5. The Bertz CT molecular complexity index is 1460. The highest BCUT2D eigenvalue weighted by Crippen LogP contribution is 2.43. The van der Waals surface area contributed by atoms with Crippen molar-refractivity contribution < 1.29 is 32.9 Å². The lowest BCUT2D eigenvalue weighted by Gasteiger charge is -2.40. The first-order chi connectivity index (χ1) is 20.1. The first-order valence-corrected chi connectivity index (χ1v) is 14.5. The average molecular weight is 598 g/mol. The summed E-state index contributed by atoms with van der Waals surface area (Å²) >= 11 is 0. The van der Waals surface area contributed by atoms with E-state index in [9.17, 15) is 14.3 Å². The summed E-state index contributed by atoms with van der Waals surface area (Å²) in [5.74, 6) is -2.04. The first kappa shape index (κ1) is 32.1. The van der Waals surface area contributed by atoms with E-state index < -0.39 is 23.5 Å². The number of ether oxygens (including phenoxy) is 3.